The molecule has 0 fully saturated rings. The number of benzene rings is 1. The van der Waals surface area contributed by atoms with Crippen molar-refractivity contribution in [3.05, 3.63) is 24.3 Å². The largest absolute Gasteiger partial charge is 0.495 e. The summed E-state index contributed by atoms with van der Waals surface area (Å²) in [6.45, 7) is 7.37. The standard InChI is InChI=1S/C17H27N3O3/c1-5-20(12-17(22)18-13(2)3)11-10-16(21)19-14-8-6-7-9-15(14)23-4/h6-9,13H,5,10-12H2,1-4H3,(H,18,22)(H,19,21). The summed E-state index contributed by atoms with van der Waals surface area (Å²) in [5.74, 6) is 0.508. The number of hydrogen-bond acceptors (Lipinski definition) is 4. The van der Waals surface area contributed by atoms with Crippen molar-refractivity contribution in [3.8, 4) is 5.75 Å². The molecule has 6 nitrogen and oxygen atoms in total. The van der Waals surface area contributed by atoms with Crippen molar-refractivity contribution in [1.82, 2.24) is 10.2 Å². The zero-order valence-electron chi connectivity index (χ0n) is 14.4. The van der Waals surface area contributed by atoms with Crippen molar-refractivity contribution < 1.29 is 14.3 Å². The van der Waals surface area contributed by atoms with Crippen LogP contribution in [0, 0.1) is 0 Å². The molecule has 0 unspecified atom stereocenters. The summed E-state index contributed by atoms with van der Waals surface area (Å²) in [6, 6.07) is 7.40. The molecule has 0 spiro atoms. The third kappa shape index (κ3) is 7.15. The van der Waals surface area contributed by atoms with Crippen LogP contribution in [0.5, 0.6) is 5.75 Å². The van der Waals surface area contributed by atoms with E-state index in [0.29, 0.717) is 37.5 Å². The van der Waals surface area contributed by atoms with Gasteiger partial charge in [-0.1, -0.05) is 19.1 Å². The Kier molecular flexibility index (Phi) is 8.11. The summed E-state index contributed by atoms with van der Waals surface area (Å²) in [6.07, 6.45) is 0.320. The Labute approximate surface area is 138 Å². The number of carbonyl (C=O) groups excluding carboxylic acids is 2. The Balaban J connectivity index is 2.45. The van der Waals surface area contributed by atoms with Gasteiger partial charge in [0.25, 0.3) is 0 Å². The smallest absolute Gasteiger partial charge is 0.234 e. The normalized spacial score (nSPS) is 10.7. The van der Waals surface area contributed by atoms with Crippen LogP contribution in [-0.4, -0.2) is 49.5 Å². The highest BCUT2D eigenvalue weighted by Gasteiger charge is 2.12. The van der Waals surface area contributed by atoms with Gasteiger partial charge >= 0.3 is 0 Å². The zero-order valence-corrected chi connectivity index (χ0v) is 14.4. The van der Waals surface area contributed by atoms with Crippen molar-refractivity contribution in [2.75, 3.05) is 32.1 Å². The average Bonchev–Trinajstić information content (AvgIpc) is 2.51. The molecule has 128 valence electrons. The molecule has 0 aromatic heterocycles. The summed E-state index contributed by atoms with van der Waals surface area (Å²) in [7, 11) is 1.57. The van der Waals surface area contributed by atoms with Crippen molar-refractivity contribution in [1.29, 1.82) is 0 Å². The Morgan fingerprint density at radius 3 is 2.52 bits per heavy atom. The lowest BCUT2D eigenvalue weighted by Gasteiger charge is -2.20. The molecular weight excluding hydrogens is 294 g/mol. The minimum Gasteiger partial charge on any atom is -0.495 e. The predicted molar refractivity (Wildman–Crippen MR) is 91.6 cm³/mol. The van der Waals surface area contributed by atoms with Gasteiger partial charge in [0.05, 0.1) is 19.3 Å². The summed E-state index contributed by atoms with van der Waals surface area (Å²) in [4.78, 5) is 25.8. The summed E-state index contributed by atoms with van der Waals surface area (Å²) in [5.41, 5.74) is 0.653. The van der Waals surface area contributed by atoms with Crippen molar-refractivity contribution >= 4 is 17.5 Å². The van der Waals surface area contributed by atoms with E-state index in [1.165, 1.54) is 0 Å². The number of likely N-dealkylation sites (N-methyl/N-ethyl adjacent to an activating group) is 1. The Hall–Kier alpha value is -2.08. The molecule has 0 aliphatic heterocycles. The van der Waals surface area contributed by atoms with Gasteiger partial charge in [0.1, 0.15) is 5.75 Å². The lowest BCUT2D eigenvalue weighted by molar-refractivity contribution is -0.123. The van der Waals surface area contributed by atoms with Crippen LogP contribution >= 0.6 is 0 Å². The molecule has 0 saturated heterocycles. The average molecular weight is 321 g/mol. The lowest BCUT2D eigenvalue weighted by atomic mass is 10.2. The van der Waals surface area contributed by atoms with Crippen LogP contribution in [0.3, 0.4) is 0 Å². The minimum absolute atomic E-state index is 0.0213. The summed E-state index contributed by atoms with van der Waals surface area (Å²) in [5, 5.41) is 5.69. The first-order chi connectivity index (χ1) is 11.0. The maximum atomic E-state index is 12.1. The van der Waals surface area contributed by atoms with Gasteiger partial charge < -0.3 is 15.4 Å². The molecule has 1 aromatic carbocycles. The van der Waals surface area contributed by atoms with Crippen LogP contribution in [0.4, 0.5) is 5.69 Å². The van der Waals surface area contributed by atoms with Crippen LogP contribution in [0.1, 0.15) is 27.2 Å². The number of anilines is 1. The lowest BCUT2D eigenvalue weighted by Crippen LogP contribution is -2.41. The molecule has 0 bridgehead atoms. The third-order valence-electron chi connectivity index (χ3n) is 3.30. The monoisotopic (exact) mass is 321 g/mol. The van der Waals surface area contributed by atoms with Gasteiger partial charge in [-0.15, -0.1) is 0 Å². The number of rotatable bonds is 9. The van der Waals surface area contributed by atoms with Crippen molar-refractivity contribution in [3.63, 3.8) is 0 Å². The Bertz CT molecular complexity index is 518. The van der Waals surface area contributed by atoms with Gasteiger partial charge in [-0.3, -0.25) is 14.5 Å². The molecule has 1 rings (SSSR count). The van der Waals surface area contributed by atoms with Crippen molar-refractivity contribution in [2.24, 2.45) is 0 Å². The van der Waals surface area contributed by atoms with E-state index in [0.717, 1.165) is 0 Å². The fourth-order valence-electron chi connectivity index (χ4n) is 2.14. The van der Waals surface area contributed by atoms with E-state index in [-0.39, 0.29) is 17.9 Å². The number of carbonyl (C=O) groups is 2. The summed E-state index contributed by atoms with van der Waals surface area (Å²) >= 11 is 0. The molecule has 0 radical (unpaired) electrons. The van der Waals surface area contributed by atoms with Crippen molar-refractivity contribution in [2.45, 2.75) is 33.2 Å². The van der Waals surface area contributed by atoms with Crippen LogP contribution < -0.4 is 15.4 Å². The first kappa shape index (κ1) is 19.0. The second kappa shape index (κ2) is 9.84. The first-order valence-corrected chi connectivity index (χ1v) is 7.90. The van der Waals surface area contributed by atoms with Gasteiger partial charge in [-0.05, 0) is 32.5 Å². The number of amides is 2. The molecule has 6 heteroatoms. The predicted octanol–water partition coefficient (Wildman–Crippen LogP) is 1.87. The van der Waals surface area contributed by atoms with Gasteiger partial charge in [0.2, 0.25) is 11.8 Å². The SMILES string of the molecule is CCN(CCC(=O)Nc1ccccc1OC)CC(=O)NC(C)C. The third-order valence-corrected chi connectivity index (χ3v) is 3.30. The fourth-order valence-corrected chi connectivity index (χ4v) is 2.14. The van der Waals surface area contributed by atoms with Crippen LogP contribution in [0.2, 0.25) is 0 Å². The molecule has 23 heavy (non-hydrogen) atoms. The molecule has 2 N–H and O–H groups in total. The Morgan fingerprint density at radius 2 is 1.91 bits per heavy atom. The quantitative estimate of drug-likeness (QED) is 0.728. The molecular formula is C17H27N3O3. The van der Waals surface area contributed by atoms with E-state index in [4.69, 9.17) is 4.74 Å². The second-order valence-electron chi connectivity index (χ2n) is 5.59. The second-order valence-corrected chi connectivity index (χ2v) is 5.59. The molecule has 0 atom stereocenters. The molecule has 0 aliphatic rings. The fraction of sp³-hybridized carbons (Fsp3) is 0.529. The number of nitrogens with one attached hydrogen (secondary N) is 2. The topological polar surface area (TPSA) is 70.7 Å². The molecule has 0 heterocycles. The maximum absolute atomic E-state index is 12.1. The highest BCUT2D eigenvalue weighted by atomic mass is 16.5. The van der Waals surface area contributed by atoms with Crippen LogP contribution in [0.15, 0.2) is 24.3 Å². The highest BCUT2D eigenvalue weighted by molar-refractivity contribution is 5.92. The zero-order chi connectivity index (χ0) is 17.2. The number of ether oxygens (including phenoxy) is 1. The molecule has 2 amide bonds. The summed E-state index contributed by atoms with van der Waals surface area (Å²) < 4.78 is 5.20. The highest BCUT2D eigenvalue weighted by Crippen LogP contribution is 2.22. The van der Waals surface area contributed by atoms with E-state index in [1.807, 2.05) is 37.8 Å². The number of para-hydroxylation sites is 2. The van der Waals surface area contributed by atoms with E-state index >= 15 is 0 Å². The van der Waals surface area contributed by atoms with Crippen LogP contribution in [0.25, 0.3) is 0 Å². The van der Waals surface area contributed by atoms with Crippen LogP contribution in [-0.2, 0) is 9.59 Å². The molecule has 0 saturated carbocycles. The van der Waals surface area contributed by atoms with Gasteiger partial charge in [-0.2, -0.15) is 0 Å². The van der Waals surface area contributed by atoms with Gasteiger partial charge in [0, 0.05) is 19.0 Å². The van der Waals surface area contributed by atoms with E-state index in [9.17, 15) is 9.59 Å². The number of nitrogens with zero attached hydrogens (tertiary/aromatic N) is 1. The Morgan fingerprint density at radius 1 is 1.22 bits per heavy atom. The van der Waals surface area contributed by atoms with E-state index in [2.05, 4.69) is 10.6 Å². The maximum Gasteiger partial charge on any atom is 0.234 e. The van der Waals surface area contributed by atoms with Gasteiger partial charge in [0.15, 0.2) is 0 Å². The minimum atomic E-state index is -0.0998. The van der Waals surface area contributed by atoms with E-state index < -0.39 is 0 Å². The molecule has 0 aliphatic carbocycles. The number of hydrogen-bond donors (Lipinski definition) is 2. The number of methoxy groups -OCH3 is 1. The van der Waals surface area contributed by atoms with E-state index in [1.54, 1.807) is 19.2 Å². The van der Waals surface area contributed by atoms with Gasteiger partial charge in [-0.25, -0.2) is 0 Å². The first-order valence-electron chi connectivity index (χ1n) is 7.90. The molecule has 1 aromatic rings.